The molecular weight excluding hydrogens is 335 g/mol. The third-order valence-corrected chi connectivity index (χ3v) is 4.26. The first-order chi connectivity index (χ1) is 10.7. The van der Waals surface area contributed by atoms with E-state index in [2.05, 4.69) is 36.5 Å². The van der Waals surface area contributed by atoms with Gasteiger partial charge in [0, 0.05) is 19.6 Å². The van der Waals surface area contributed by atoms with Crippen molar-refractivity contribution in [3.05, 3.63) is 58.5 Å². The van der Waals surface area contributed by atoms with E-state index in [1.54, 1.807) is 12.1 Å². The maximum Gasteiger partial charge on any atom is 0.290 e. The van der Waals surface area contributed by atoms with Gasteiger partial charge in [-0.2, -0.15) is 0 Å². The average Bonchev–Trinajstić information content (AvgIpc) is 3.01. The number of hydrogen-bond donors (Lipinski definition) is 1. The van der Waals surface area contributed by atoms with Gasteiger partial charge < -0.3 is 14.6 Å². The topological polar surface area (TPSA) is 45.5 Å². The molecule has 4 nitrogen and oxygen atoms in total. The second-order valence-electron chi connectivity index (χ2n) is 5.42. The van der Waals surface area contributed by atoms with Crippen LogP contribution in [0.1, 0.15) is 34.6 Å². The Bertz CT molecular complexity index is 655. The number of benzene rings is 1. The van der Waals surface area contributed by atoms with Crippen LogP contribution in [0, 0.1) is 0 Å². The first-order valence-electron chi connectivity index (χ1n) is 7.55. The van der Waals surface area contributed by atoms with Crippen LogP contribution in [-0.2, 0) is 6.42 Å². The summed E-state index contributed by atoms with van der Waals surface area (Å²) in [6.07, 6.45) is 1.01. The summed E-state index contributed by atoms with van der Waals surface area (Å²) in [5.41, 5.74) is 2.43. The lowest BCUT2D eigenvalue weighted by Gasteiger charge is -2.36. The molecule has 1 N–H and O–H groups in total. The van der Waals surface area contributed by atoms with Gasteiger partial charge in [0.05, 0.1) is 6.04 Å². The molecule has 3 rings (SSSR count). The molecule has 0 bridgehead atoms. The molecule has 124 valence electrons. The fourth-order valence-corrected chi connectivity index (χ4v) is 2.94. The summed E-state index contributed by atoms with van der Waals surface area (Å²) < 4.78 is 5.27. The minimum Gasteiger partial charge on any atom is -0.440 e. The van der Waals surface area contributed by atoms with Gasteiger partial charge in [0.15, 0.2) is 11.0 Å². The zero-order valence-electron chi connectivity index (χ0n) is 12.9. The first kappa shape index (κ1) is 17.9. The van der Waals surface area contributed by atoms with Gasteiger partial charge in [-0.25, -0.2) is 0 Å². The highest BCUT2D eigenvalue weighted by Crippen LogP contribution is 2.26. The van der Waals surface area contributed by atoms with E-state index in [-0.39, 0.29) is 29.6 Å². The number of rotatable bonds is 3. The predicted molar refractivity (Wildman–Crippen MR) is 93.4 cm³/mol. The van der Waals surface area contributed by atoms with Gasteiger partial charge in [0.1, 0.15) is 0 Å². The minimum absolute atomic E-state index is 0. The van der Waals surface area contributed by atoms with E-state index in [9.17, 15) is 4.79 Å². The van der Waals surface area contributed by atoms with Crippen molar-refractivity contribution in [1.29, 1.82) is 0 Å². The second kappa shape index (κ2) is 7.86. The van der Waals surface area contributed by atoms with E-state index in [1.807, 2.05) is 4.90 Å². The van der Waals surface area contributed by atoms with Crippen LogP contribution in [0.15, 0.2) is 40.8 Å². The molecule has 0 radical (unpaired) electrons. The van der Waals surface area contributed by atoms with Crippen molar-refractivity contribution < 1.29 is 9.21 Å². The highest BCUT2D eigenvalue weighted by Gasteiger charge is 2.30. The smallest absolute Gasteiger partial charge is 0.290 e. The van der Waals surface area contributed by atoms with Gasteiger partial charge in [-0.05, 0) is 41.3 Å². The summed E-state index contributed by atoms with van der Waals surface area (Å²) in [5, 5.41) is 3.59. The summed E-state index contributed by atoms with van der Waals surface area (Å²) in [7, 11) is 0. The zero-order valence-corrected chi connectivity index (χ0v) is 14.5. The molecule has 1 saturated heterocycles. The average molecular weight is 355 g/mol. The number of amides is 1. The van der Waals surface area contributed by atoms with E-state index in [0.29, 0.717) is 12.3 Å². The van der Waals surface area contributed by atoms with Crippen molar-refractivity contribution in [3.8, 4) is 0 Å². The lowest BCUT2D eigenvalue weighted by Crippen LogP contribution is -2.48. The van der Waals surface area contributed by atoms with Crippen molar-refractivity contribution in [3.63, 3.8) is 0 Å². The largest absolute Gasteiger partial charge is 0.440 e. The van der Waals surface area contributed by atoms with Crippen LogP contribution < -0.4 is 5.32 Å². The molecule has 6 heteroatoms. The Labute approximate surface area is 147 Å². The number of carbonyl (C=O) groups is 1. The van der Waals surface area contributed by atoms with Crippen molar-refractivity contribution in [2.24, 2.45) is 0 Å². The molecule has 0 spiro atoms. The molecule has 1 fully saturated rings. The standard InChI is InChI=1S/C17H19ClN2O2.ClH/c1-2-12-3-5-13(6-4-12)14-11-19-9-10-20(14)17(21)15-7-8-16(18)22-15;/h3-8,14,19H,2,9-11H2,1H3;1H. The summed E-state index contributed by atoms with van der Waals surface area (Å²) >= 11 is 5.78. The molecule has 1 unspecified atom stereocenters. The highest BCUT2D eigenvalue weighted by atomic mass is 35.5. The Kier molecular flexibility index (Phi) is 6.10. The molecule has 1 atom stereocenters. The zero-order chi connectivity index (χ0) is 15.5. The van der Waals surface area contributed by atoms with E-state index < -0.39 is 0 Å². The van der Waals surface area contributed by atoms with Crippen LogP contribution in [0.3, 0.4) is 0 Å². The Balaban J connectivity index is 0.00000192. The summed E-state index contributed by atoms with van der Waals surface area (Å²) in [5.74, 6) is 0.181. The number of hydrogen-bond acceptors (Lipinski definition) is 3. The van der Waals surface area contributed by atoms with Gasteiger partial charge in [-0.1, -0.05) is 31.2 Å². The first-order valence-corrected chi connectivity index (χ1v) is 7.92. The Hall–Kier alpha value is -1.49. The Morgan fingerprint density at radius 1 is 1.30 bits per heavy atom. The highest BCUT2D eigenvalue weighted by molar-refractivity contribution is 6.29. The fourth-order valence-electron chi connectivity index (χ4n) is 2.79. The molecule has 23 heavy (non-hydrogen) atoms. The summed E-state index contributed by atoms with van der Waals surface area (Å²) in [6.45, 7) is 4.31. The van der Waals surface area contributed by atoms with E-state index in [4.69, 9.17) is 16.0 Å². The number of halogens is 2. The van der Waals surface area contributed by atoms with E-state index in [1.165, 1.54) is 5.56 Å². The van der Waals surface area contributed by atoms with Crippen LogP contribution in [-0.4, -0.2) is 30.4 Å². The lowest BCUT2D eigenvalue weighted by atomic mass is 10.0. The van der Waals surface area contributed by atoms with Crippen molar-refractivity contribution >= 4 is 29.9 Å². The number of nitrogens with one attached hydrogen (secondary N) is 1. The molecule has 1 aliphatic heterocycles. The SMILES string of the molecule is CCc1ccc(C2CNCCN2C(=O)c2ccc(Cl)o2)cc1.Cl. The normalized spacial score (nSPS) is 17.7. The van der Waals surface area contributed by atoms with Gasteiger partial charge in [0.25, 0.3) is 5.91 Å². The van der Waals surface area contributed by atoms with E-state index in [0.717, 1.165) is 25.1 Å². The summed E-state index contributed by atoms with van der Waals surface area (Å²) in [4.78, 5) is 14.5. The molecule has 0 aliphatic carbocycles. The number of piperazine rings is 1. The molecule has 1 aliphatic rings. The van der Waals surface area contributed by atoms with Crippen LogP contribution in [0.4, 0.5) is 0 Å². The van der Waals surface area contributed by atoms with Gasteiger partial charge in [-0.15, -0.1) is 12.4 Å². The predicted octanol–water partition coefficient (Wildman–Crippen LogP) is 3.70. The van der Waals surface area contributed by atoms with Crippen LogP contribution in [0.5, 0.6) is 0 Å². The van der Waals surface area contributed by atoms with Crippen LogP contribution in [0.25, 0.3) is 0 Å². The fraction of sp³-hybridized carbons (Fsp3) is 0.353. The maximum atomic E-state index is 12.7. The number of furan rings is 1. The van der Waals surface area contributed by atoms with Crippen molar-refractivity contribution in [1.82, 2.24) is 10.2 Å². The van der Waals surface area contributed by atoms with Crippen molar-refractivity contribution in [2.75, 3.05) is 19.6 Å². The molecular formula is C17H20Cl2N2O2. The molecule has 2 heterocycles. The third-order valence-electron chi connectivity index (χ3n) is 4.06. The van der Waals surface area contributed by atoms with Gasteiger partial charge in [-0.3, -0.25) is 4.79 Å². The lowest BCUT2D eigenvalue weighted by molar-refractivity contribution is 0.0602. The molecule has 1 aromatic heterocycles. The Morgan fingerprint density at radius 2 is 2.04 bits per heavy atom. The molecule has 0 saturated carbocycles. The van der Waals surface area contributed by atoms with Crippen LogP contribution >= 0.6 is 24.0 Å². The minimum atomic E-state index is -0.113. The number of nitrogens with zero attached hydrogens (tertiary/aromatic N) is 1. The monoisotopic (exact) mass is 354 g/mol. The van der Waals surface area contributed by atoms with Crippen LogP contribution in [0.2, 0.25) is 5.22 Å². The van der Waals surface area contributed by atoms with Gasteiger partial charge >= 0.3 is 0 Å². The van der Waals surface area contributed by atoms with Gasteiger partial charge in [0.2, 0.25) is 0 Å². The molecule has 2 aromatic rings. The maximum absolute atomic E-state index is 12.7. The number of carbonyl (C=O) groups excluding carboxylic acids is 1. The number of aryl methyl sites for hydroxylation is 1. The second-order valence-corrected chi connectivity index (χ2v) is 5.79. The van der Waals surface area contributed by atoms with E-state index >= 15 is 0 Å². The quantitative estimate of drug-likeness (QED) is 0.913. The summed E-state index contributed by atoms with van der Waals surface area (Å²) in [6, 6.07) is 11.7. The molecule has 1 amide bonds. The molecule has 1 aromatic carbocycles. The third kappa shape index (κ3) is 3.89. The van der Waals surface area contributed by atoms with Crippen molar-refractivity contribution in [2.45, 2.75) is 19.4 Å². The Morgan fingerprint density at radius 3 is 2.65 bits per heavy atom.